The topological polar surface area (TPSA) is 80.3 Å². The van der Waals surface area contributed by atoms with Crippen LogP contribution in [0.25, 0.3) is 0 Å². The van der Waals surface area contributed by atoms with Crippen LogP contribution in [0.4, 0.5) is 0 Å². The largest absolute Gasteiger partial charge is 0.467 e. The minimum absolute atomic E-state index is 0.0159. The molecule has 2 rings (SSSR count). The average molecular weight is 433 g/mol. The Kier molecular flexibility index (Phi) is 10.8. The SMILES string of the molecule is CCOCOc1cc2c(c(OCOCC)c1)C(=O)OC(C)CC=CCCC=CC(=O)C2. The molecule has 1 aliphatic heterocycles. The van der Waals surface area contributed by atoms with Gasteiger partial charge < -0.3 is 23.7 Å². The van der Waals surface area contributed by atoms with Crippen molar-refractivity contribution < 1.29 is 33.3 Å². The van der Waals surface area contributed by atoms with Crippen molar-refractivity contribution in [2.75, 3.05) is 26.8 Å². The summed E-state index contributed by atoms with van der Waals surface area (Å²) in [5, 5.41) is 0. The highest BCUT2D eigenvalue weighted by molar-refractivity contribution is 5.98. The van der Waals surface area contributed by atoms with Gasteiger partial charge in [-0.15, -0.1) is 0 Å². The summed E-state index contributed by atoms with van der Waals surface area (Å²) in [6.45, 7) is 6.50. The summed E-state index contributed by atoms with van der Waals surface area (Å²) in [7, 11) is 0. The highest BCUT2D eigenvalue weighted by atomic mass is 16.7. The molecule has 1 aliphatic rings. The molecular formula is C24H32O7. The Bertz CT molecular complexity index is 782. The predicted molar refractivity (Wildman–Crippen MR) is 116 cm³/mol. The van der Waals surface area contributed by atoms with Gasteiger partial charge in [-0.2, -0.15) is 0 Å². The summed E-state index contributed by atoms with van der Waals surface area (Å²) in [4.78, 5) is 25.6. The van der Waals surface area contributed by atoms with Crippen molar-refractivity contribution in [3.63, 3.8) is 0 Å². The molecule has 1 aromatic rings. The zero-order chi connectivity index (χ0) is 22.5. The maximum absolute atomic E-state index is 13.1. The number of hydrogen-bond acceptors (Lipinski definition) is 7. The van der Waals surface area contributed by atoms with Crippen molar-refractivity contribution in [1.82, 2.24) is 0 Å². The van der Waals surface area contributed by atoms with E-state index in [0.717, 1.165) is 12.8 Å². The quantitative estimate of drug-likeness (QED) is 0.261. The number of rotatable bonds is 8. The van der Waals surface area contributed by atoms with E-state index in [0.29, 0.717) is 30.9 Å². The number of carbonyl (C=O) groups is 2. The number of hydrogen-bond donors (Lipinski definition) is 0. The molecule has 1 unspecified atom stereocenters. The van der Waals surface area contributed by atoms with E-state index >= 15 is 0 Å². The minimum Gasteiger partial charge on any atom is -0.467 e. The van der Waals surface area contributed by atoms with E-state index in [4.69, 9.17) is 23.7 Å². The van der Waals surface area contributed by atoms with Gasteiger partial charge in [0.25, 0.3) is 0 Å². The van der Waals surface area contributed by atoms with Crippen LogP contribution >= 0.6 is 0 Å². The van der Waals surface area contributed by atoms with E-state index in [9.17, 15) is 9.59 Å². The van der Waals surface area contributed by atoms with Crippen LogP contribution in [-0.4, -0.2) is 44.7 Å². The van der Waals surface area contributed by atoms with Gasteiger partial charge in [-0.3, -0.25) is 4.79 Å². The maximum Gasteiger partial charge on any atom is 0.342 e. The summed E-state index contributed by atoms with van der Waals surface area (Å²) < 4.78 is 27.5. The Hall–Kier alpha value is -2.64. The normalized spacial score (nSPS) is 17.6. The van der Waals surface area contributed by atoms with E-state index in [1.807, 2.05) is 39.0 Å². The molecule has 0 aromatic heterocycles. The third kappa shape index (κ3) is 8.55. The summed E-state index contributed by atoms with van der Waals surface area (Å²) in [5.74, 6) is 0.00268. The molecule has 0 radical (unpaired) electrons. The van der Waals surface area contributed by atoms with Crippen LogP contribution < -0.4 is 9.47 Å². The molecule has 0 spiro atoms. The maximum atomic E-state index is 13.1. The van der Waals surface area contributed by atoms with Crippen molar-refractivity contribution >= 4 is 11.8 Å². The Labute approximate surface area is 184 Å². The van der Waals surface area contributed by atoms with Crippen molar-refractivity contribution in [2.45, 2.75) is 52.6 Å². The van der Waals surface area contributed by atoms with Crippen molar-refractivity contribution in [2.24, 2.45) is 0 Å². The number of ether oxygens (including phenoxy) is 5. The third-order valence-electron chi connectivity index (χ3n) is 4.49. The van der Waals surface area contributed by atoms with Gasteiger partial charge in [0.15, 0.2) is 19.4 Å². The second-order valence-electron chi connectivity index (χ2n) is 7.01. The molecule has 0 bridgehead atoms. The molecule has 1 aromatic carbocycles. The molecule has 31 heavy (non-hydrogen) atoms. The number of ketones is 1. The van der Waals surface area contributed by atoms with Crippen molar-refractivity contribution in [1.29, 1.82) is 0 Å². The van der Waals surface area contributed by atoms with Crippen LogP contribution in [0.15, 0.2) is 36.4 Å². The smallest absolute Gasteiger partial charge is 0.342 e. The lowest BCUT2D eigenvalue weighted by atomic mass is 10.00. The Morgan fingerprint density at radius 1 is 0.968 bits per heavy atom. The van der Waals surface area contributed by atoms with E-state index < -0.39 is 5.97 Å². The molecule has 0 N–H and O–H groups in total. The number of esters is 1. The fourth-order valence-electron chi connectivity index (χ4n) is 2.94. The fourth-order valence-corrected chi connectivity index (χ4v) is 2.94. The van der Waals surface area contributed by atoms with Gasteiger partial charge in [0.2, 0.25) is 0 Å². The first-order valence-electron chi connectivity index (χ1n) is 10.7. The summed E-state index contributed by atoms with van der Waals surface area (Å²) in [5.41, 5.74) is 0.679. The molecule has 0 amide bonds. The third-order valence-corrected chi connectivity index (χ3v) is 4.49. The standard InChI is InChI=1S/C24H32O7/c1-4-27-16-29-21-14-19-13-20(25)12-10-8-6-7-9-11-18(3)31-24(26)23(19)22(15-21)30-17-28-5-2/h7,9-10,12,14-15,18H,4-6,8,11,13,16-17H2,1-3H3. The predicted octanol–water partition coefficient (Wildman–Crippen LogP) is 4.39. The first-order valence-corrected chi connectivity index (χ1v) is 10.7. The first-order chi connectivity index (χ1) is 15.0. The van der Waals surface area contributed by atoms with Crippen LogP contribution in [-0.2, 0) is 25.4 Å². The number of allylic oxidation sites excluding steroid dienone is 3. The summed E-state index contributed by atoms with van der Waals surface area (Å²) >= 11 is 0. The number of benzene rings is 1. The Morgan fingerprint density at radius 3 is 2.42 bits per heavy atom. The lowest BCUT2D eigenvalue weighted by Gasteiger charge is -2.19. The monoisotopic (exact) mass is 432 g/mol. The van der Waals surface area contributed by atoms with Crippen LogP contribution in [0, 0.1) is 0 Å². The van der Waals surface area contributed by atoms with Gasteiger partial charge in [0.05, 0.1) is 0 Å². The van der Waals surface area contributed by atoms with E-state index in [1.54, 1.807) is 18.2 Å². The summed E-state index contributed by atoms with van der Waals surface area (Å²) in [6.07, 6.45) is 9.30. The van der Waals surface area contributed by atoms with Gasteiger partial charge in [0.1, 0.15) is 23.2 Å². The van der Waals surface area contributed by atoms with Crippen molar-refractivity contribution in [3.05, 3.63) is 47.6 Å². The molecular weight excluding hydrogens is 400 g/mol. The van der Waals surface area contributed by atoms with Gasteiger partial charge in [0, 0.05) is 32.1 Å². The second-order valence-corrected chi connectivity index (χ2v) is 7.01. The van der Waals surface area contributed by atoms with Gasteiger partial charge >= 0.3 is 5.97 Å². The molecule has 7 nitrogen and oxygen atoms in total. The molecule has 1 heterocycles. The van der Waals surface area contributed by atoms with E-state index in [1.165, 1.54) is 0 Å². The van der Waals surface area contributed by atoms with E-state index in [2.05, 4.69) is 0 Å². The van der Waals surface area contributed by atoms with Crippen LogP contribution in [0.5, 0.6) is 11.5 Å². The number of carbonyl (C=O) groups excluding carboxylic acids is 2. The average Bonchev–Trinajstić information content (AvgIpc) is 2.72. The second kappa shape index (κ2) is 13.6. The molecule has 0 aliphatic carbocycles. The number of fused-ring (bicyclic) bond motifs is 1. The zero-order valence-electron chi connectivity index (χ0n) is 18.6. The number of cyclic esters (lactones) is 1. The van der Waals surface area contributed by atoms with E-state index in [-0.39, 0.29) is 43.2 Å². The van der Waals surface area contributed by atoms with Gasteiger partial charge in [-0.25, -0.2) is 4.79 Å². The van der Waals surface area contributed by atoms with Crippen LogP contribution in [0.3, 0.4) is 0 Å². The molecule has 1 atom stereocenters. The highest BCUT2D eigenvalue weighted by Gasteiger charge is 2.24. The van der Waals surface area contributed by atoms with Gasteiger partial charge in [-0.05, 0) is 51.3 Å². The van der Waals surface area contributed by atoms with Gasteiger partial charge in [-0.1, -0.05) is 18.2 Å². The fraction of sp³-hybridized carbons (Fsp3) is 0.500. The first kappa shape index (κ1) is 24.6. The molecule has 7 heteroatoms. The summed E-state index contributed by atoms with van der Waals surface area (Å²) in [6, 6.07) is 3.25. The Morgan fingerprint density at radius 2 is 1.68 bits per heavy atom. The highest BCUT2D eigenvalue weighted by Crippen LogP contribution is 2.31. The Balaban J connectivity index is 2.45. The zero-order valence-corrected chi connectivity index (χ0v) is 18.6. The minimum atomic E-state index is -0.549. The van der Waals surface area contributed by atoms with Crippen LogP contribution in [0.1, 0.15) is 56.0 Å². The molecule has 170 valence electrons. The lowest BCUT2D eigenvalue weighted by molar-refractivity contribution is -0.114. The lowest BCUT2D eigenvalue weighted by Crippen LogP contribution is -2.19. The van der Waals surface area contributed by atoms with Crippen molar-refractivity contribution in [3.8, 4) is 11.5 Å². The molecule has 0 saturated heterocycles. The molecule has 0 saturated carbocycles. The molecule has 0 fully saturated rings. The van der Waals surface area contributed by atoms with Crippen LogP contribution in [0.2, 0.25) is 0 Å².